The Bertz CT molecular complexity index is 582. The summed E-state index contributed by atoms with van der Waals surface area (Å²) in [5, 5.41) is 33.2. The summed E-state index contributed by atoms with van der Waals surface area (Å²) in [6.07, 6.45) is 36.0. The van der Waals surface area contributed by atoms with Crippen LogP contribution in [0.3, 0.4) is 0 Å². The third-order valence-electron chi connectivity index (χ3n) is 8.62. The van der Waals surface area contributed by atoms with E-state index in [4.69, 9.17) is 0 Å². The highest BCUT2D eigenvalue weighted by atomic mass is 16.3. The second-order valence-corrected chi connectivity index (χ2v) is 12.8. The van der Waals surface area contributed by atoms with Gasteiger partial charge in [0.25, 0.3) is 0 Å². The van der Waals surface area contributed by atoms with Crippen molar-refractivity contribution < 1.29 is 20.1 Å². The number of hydrogen-bond donors (Lipinski definition) is 4. The first kappa shape index (κ1) is 41.1. The monoisotopic (exact) mass is 596 g/mol. The first-order valence-electron chi connectivity index (χ1n) is 18.5. The summed E-state index contributed by atoms with van der Waals surface area (Å²) in [7, 11) is 0. The molecule has 0 aromatic carbocycles. The smallest absolute Gasteiger partial charge is 0.220 e. The number of unbranched alkanes of at least 4 members (excludes halogenated alkanes) is 23. The van der Waals surface area contributed by atoms with Gasteiger partial charge in [0.2, 0.25) is 5.91 Å². The van der Waals surface area contributed by atoms with Gasteiger partial charge in [0.15, 0.2) is 0 Å². The first-order valence-corrected chi connectivity index (χ1v) is 18.5. The van der Waals surface area contributed by atoms with Crippen molar-refractivity contribution in [2.75, 3.05) is 6.61 Å². The number of amides is 1. The lowest BCUT2D eigenvalue weighted by Crippen LogP contribution is -2.50. The molecule has 3 atom stereocenters. The molecule has 0 aliphatic rings. The molecule has 4 N–H and O–H groups in total. The molecule has 42 heavy (non-hydrogen) atoms. The first-order chi connectivity index (χ1) is 20.6. The number of aliphatic hydroxyl groups excluding tert-OH is 3. The van der Waals surface area contributed by atoms with Gasteiger partial charge in [0.05, 0.1) is 18.8 Å². The SMILES string of the molecule is CCCCCCCCCCCCCCCC/C=C/CCCC(O)C(O)C(CO)NC(=O)CCCCCCCCCCC. The van der Waals surface area contributed by atoms with E-state index in [1.165, 1.54) is 128 Å². The van der Waals surface area contributed by atoms with E-state index in [2.05, 4.69) is 31.3 Å². The number of carbonyl (C=O) groups is 1. The van der Waals surface area contributed by atoms with Crippen molar-refractivity contribution in [3.8, 4) is 0 Å². The van der Waals surface area contributed by atoms with Crippen molar-refractivity contribution in [1.29, 1.82) is 0 Å². The highest BCUT2D eigenvalue weighted by Crippen LogP contribution is 2.15. The fourth-order valence-corrected chi connectivity index (χ4v) is 5.69. The van der Waals surface area contributed by atoms with Crippen molar-refractivity contribution in [1.82, 2.24) is 5.32 Å². The summed E-state index contributed by atoms with van der Waals surface area (Å²) in [4.78, 5) is 12.3. The van der Waals surface area contributed by atoms with Crippen LogP contribution in [0.25, 0.3) is 0 Å². The van der Waals surface area contributed by atoms with E-state index < -0.39 is 18.2 Å². The predicted octanol–water partition coefficient (Wildman–Crippen LogP) is 9.70. The van der Waals surface area contributed by atoms with Gasteiger partial charge in [-0.05, 0) is 38.5 Å². The average molecular weight is 596 g/mol. The maximum atomic E-state index is 12.3. The maximum absolute atomic E-state index is 12.3. The number of hydrogen-bond acceptors (Lipinski definition) is 4. The van der Waals surface area contributed by atoms with Gasteiger partial charge in [-0.3, -0.25) is 4.79 Å². The average Bonchev–Trinajstić information content (AvgIpc) is 2.99. The van der Waals surface area contributed by atoms with Crippen LogP contribution < -0.4 is 5.32 Å². The van der Waals surface area contributed by atoms with Crippen LogP contribution in [0.1, 0.15) is 194 Å². The Labute approximate surface area is 261 Å². The molecule has 3 unspecified atom stereocenters. The molecular weight excluding hydrogens is 522 g/mol. The Morgan fingerprint density at radius 2 is 0.952 bits per heavy atom. The number of allylic oxidation sites excluding steroid dienone is 2. The molecule has 250 valence electrons. The quantitative estimate of drug-likeness (QED) is 0.0449. The summed E-state index contributed by atoms with van der Waals surface area (Å²) in [5.41, 5.74) is 0. The van der Waals surface area contributed by atoms with E-state index >= 15 is 0 Å². The Morgan fingerprint density at radius 3 is 1.38 bits per heavy atom. The van der Waals surface area contributed by atoms with E-state index in [1.54, 1.807) is 0 Å². The van der Waals surface area contributed by atoms with Gasteiger partial charge >= 0.3 is 0 Å². The predicted molar refractivity (Wildman–Crippen MR) is 181 cm³/mol. The van der Waals surface area contributed by atoms with Crippen molar-refractivity contribution in [2.24, 2.45) is 0 Å². The van der Waals surface area contributed by atoms with Gasteiger partial charge in [-0.15, -0.1) is 0 Å². The summed E-state index contributed by atoms with van der Waals surface area (Å²) >= 11 is 0. The summed E-state index contributed by atoms with van der Waals surface area (Å²) in [6.45, 7) is 4.13. The van der Waals surface area contributed by atoms with Gasteiger partial charge in [0.1, 0.15) is 6.10 Å². The molecule has 0 spiro atoms. The van der Waals surface area contributed by atoms with Crippen LogP contribution in [0, 0.1) is 0 Å². The molecule has 0 aromatic heterocycles. The molecule has 0 saturated carbocycles. The van der Waals surface area contributed by atoms with E-state index in [1.807, 2.05) is 0 Å². The zero-order valence-corrected chi connectivity index (χ0v) is 28.1. The Kier molecular flexibility index (Phi) is 32.3. The van der Waals surface area contributed by atoms with Crippen molar-refractivity contribution in [3.63, 3.8) is 0 Å². The van der Waals surface area contributed by atoms with Crippen LogP contribution in [0.5, 0.6) is 0 Å². The van der Waals surface area contributed by atoms with Crippen molar-refractivity contribution in [3.05, 3.63) is 12.2 Å². The molecule has 5 nitrogen and oxygen atoms in total. The molecule has 0 aromatic rings. The highest BCUT2D eigenvalue weighted by Gasteiger charge is 2.26. The van der Waals surface area contributed by atoms with Crippen LogP contribution >= 0.6 is 0 Å². The minimum absolute atomic E-state index is 0.158. The second-order valence-electron chi connectivity index (χ2n) is 12.8. The molecule has 5 heteroatoms. The minimum Gasteiger partial charge on any atom is -0.394 e. The molecular formula is C37H73NO4. The second kappa shape index (κ2) is 33.0. The van der Waals surface area contributed by atoms with Crippen molar-refractivity contribution in [2.45, 2.75) is 212 Å². The molecule has 0 rings (SSSR count). The van der Waals surface area contributed by atoms with Crippen LogP contribution in [0.15, 0.2) is 12.2 Å². The lowest BCUT2D eigenvalue weighted by atomic mass is 10.0. The highest BCUT2D eigenvalue weighted by molar-refractivity contribution is 5.76. The third-order valence-corrected chi connectivity index (χ3v) is 8.62. The zero-order chi connectivity index (χ0) is 30.9. The van der Waals surface area contributed by atoms with Crippen LogP contribution in [-0.4, -0.2) is 46.1 Å². The maximum Gasteiger partial charge on any atom is 0.220 e. The minimum atomic E-state index is -1.15. The van der Waals surface area contributed by atoms with Crippen LogP contribution in [0.2, 0.25) is 0 Å². The fourth-order valence-electron chi connectivity index (χ4n) is 5.69. The molecule has 0 heterocycles. The molecule has 1 amide bonds. The standard InChI is InChI=1S/C37H73NO4/c1-3-5-7-9-11-13-14-15-16-17-18-19-20-21-22-24-25-27-29-31-35(40)37(42)34(33-39)38-36(41)32-30-28-26-23-12-10-8-6-4-2/h24-25,34-35,37,39-40,42H,3-23,26-33H2,1-2H3,(H,38,41)/b25-24+. The molecule has 0 radical (unpaired) electrons. The van der Waals surface area contributed by atoms with E-state index in [0.29, 0.717) is 12.8 Å². The van der Waals surface area contributed by atoms with Crippen molar-refractivity contribution >= 4 is 5.91 Å². The Hall–Kier alpha value is -0.910. The number of rotatable bonds is 33. The largest absolute Gasteiger partial charge is 0.394 e. The van der Waals surface area contributed by atoms with E-state index in [0.717, 1.165) is 38.5 Å². The van der Waals surface area contributed by atoms with Crippen LogP contribution in [-0.2, 0) is 4.79 Å². The molecule has 0 bridgehead atoms. The Morgan fingerprint density at radius 1 is 0.571 bits per heavy atom. The van der Waals surface area contributed by atoms with Gasteiger partial charge in [-0.25, -0.2) is 0 Å². The van der Waals surface area contributed by atoms with Crippen LogP contribution in [0.4, 0.5) is 0 Å². The molecule has 0 aliphatic heterocycles. The zero-order valence-electron chi connectivity index (χ0n) is 28.1. The van der Waals surface area contributed by atoms with Gasteiger partial charge in [0, 0.05) is 6.42 Å². The number of nitrogens with one attached hydrogen (secondary N) is 1. The molecule has 0 saturated heterocycles. The molecule has 0 fully saturated rings. The lowest BCUT2D eigenvalue weighted by molar-refractivity contribution is -0.124. The van der Waals surface area contributed by atoms with E-state index in [-0.39, 0.29) is 12.5 Å². The Balaban J connectivity index is 3.68. The third kappa shape index (κ3) is 27.9. The number of carbonyl (C=O) groups excluding carboxylic acids is 1. The van der Waals surface area contributed by atoms with E-state index in [9.17, 15) is 20.1 Å². The number of aliphatic hydroxyl groups is 3. The fraction of sp³-hybridized carbons (Fsp3) is 0.919. The molecule has 0 aliphatic carbocycles. The van der Waals surface area contributed by atoms with Gasteiger partial charge in [-0.2, -0.15) is 0 Å². The van der Waals surface area contributed by atoms with Gasteiger partial charge in [-0.1, -0.05) is 161 Å². The summed E-state index contributed by atoms with van der Waals surface area (Å²) in [5.74, 6) is -0.158. The summed E-state index contributed by atoms with van der Waals surface area (Å²) < 4.78 is 0. The lowest BCUT2D eigenvalue weighted by Gasteiger charge is -2.26. The summed E-state index contributed by atoms with van der Waals surface area (Å²) in [6, 6.07) is -0.818. The normalized spacial score (nSPS) is 13.9. The van der Waals surface area contributed by atoms with Gasteiger partial charge < -0.3 is 20.6 Å². The topological polar surface area (TPSA) is 89.8 Å².